The predicted molar refractivity (Wildman–Crippen MR) is 75.0 cm³/mol. The van der Waals surface area contributed by atoms with E-state index < -0.39 is 4.92 Å². The smallest absolute Gasteiger partial charge is 0.289 e. The number of rotatable bonds is 4. The van der Waals surface area contributed by atoms with E-state index in [0.717, 1.165) is 19.3 Å². The van der Waals surface area contributed by atoms with Crippen LogP contribution in [0.1, 0.15) is 19.3 Å². The van der Waals surface area contributed by atoms with Gasteiger partial charge in [0.15, 0.2) is 0 Å². The maximum absolute atomic E-state index is 12.3. The Kier molecular flexibility index (Phi) is 3.35. The number of nitrogens with zero attached hydrogens (tertiary/aromatic N) is 2. The van der Waals surface area contributed by atoms with Gasteiger partial charge in [0.05, 0.1) is 16.7 Å². The van der Waals surface area contributed by atoms with Crippen LogP contribution in [0.3, 0.4) is 0 Å². The maximum Gasteiger partial charge on any atom is 0.289 e. The second kappa shape index (κ2) is 5.03. The van der Waals surface area contributed by atoms with Crippen molar-refractivity contribution in [2.24, 2.45) is 0 Å². The average molecular weight is 296 g/mol. The Bertz CT molecular complexity index is 574. The molecule has 1 heterocycles. The second-order valence-electron chi connectivity index (χ2n) is 5.16. The third-order valence-electron chi connectivity index (χ3n) is 3.66. The number of hydrogen-bond donors (Lipinski definition) is 1. The molecule has 7 heteroatoms. The number of anilines is 1. The molecule has 20 heavy (non-hydrogen) atoms. The van der Waals surface area contributed by atoms with Crippen LogP contribution in [0.15, 0.2) is 18.2 Å². The number of carbonyl (C=O) groups is 1. The number of carbonyl (C=O) groups excluding carboxylic acids is 1. The number of nitrogens with one attached hydrogen (secondary N) is 1. The van der Waals surface area contributed by atoms with E-state index in [0.29, 0.717) is 18.3 Å². The summed E-state index contributed by atoms with van der Waals surface area (Å²) in [5, 5.41) is 14.3. The van der Waals surface area contributed by atoms with Gasteiger partial charge >= 0.3 is 0 Å². The first-order valence-corrected chi connectivity index (χ1v) is 6.95. The Labute approximate surface area is 120 Å². The van der Waals surface area contributed by atoms with Gasteiger partial charge in [-0.1, -0.05) is 11.6 Å². The molecule has 3 rings (SSSR count). The van der Waals surface area contributed by atoms with Crippen molar-refractivity contribution in [2.75, 3.05) is 11.4 Å². The molecule has 106 valence electrons. The number of amides is 1. The van der Waals surface area contributed by atoms with Crippen LogP contribution in [0.4, 0.5) is 11.4 Å². The highest BCUT2D eigenvalue weighted by Crippen LogP contribution is 2.32. The van der Waals surface area contributed by atoms with Gasteiger partial charge in [0.1, 0.15) is 5.02 Å². The lowest BCUT2D eigenvalue weighted by atomic mass is 10.2. The number of nitro groups is 1. The highest BCUT2D eigenvalue weighted by atomic mass is 35.5. The molecule has 0 spiro atoms. The van der Waals surface area contributed by atoms with E-state index in [4.69, 9.17) is 11.6 Å². The SMILES string of the molecule is O=C1C(NC2CC2)CCN1c1ccc(Cl)c([N+](=O)[O-])c1. The molecule has 6 nitrogen and oxygen atoms in total. The lowest BCUT2D eigenvalue weighted by Gasteiger charge is -2.17. The van der Waals surface area contributed by atoms with Gasteiger partial charge in [-0.05, 0) is 31.4 Å². The van der Waals surface area contributed by atoms with Crippen LogP contribution in [-0.4, -0.2) is 29.5 Å². The third kappa shape index (κ3) is 2.48. The molecule has 0 radical (unpaired) electrons. The topological polar surface area (TPSA) is 75.5 Å². The van der Waals surface area contributed by atoms with Crippen LogP contribution in [0.5, 0.6) is 0 Å². The van der Waals surface area contributed by atoms with Crippen molar-refractivity contribution in [3.63, 3.8) is 0 Å². The van der Waals surface area contributed by atoms with E-state index in [9.17, 15) is 14.9 Å². The molecule has 1 amide bonds. The summed E-state index contributed by atoms with van der Waals surface area (Å²) in [5.41, 5.74) is 0.363. The zero-order chi connectivity index (χ0) is 14.3. The lowest BCUT2D eigenvalue weighted by molar-refractivity contribution is -0.384. The first-order valence-electron chi connectivity index (χ1n) is 6.57. The van der Waals surface area contributed by atoms with Crippen LogP contribution in [0.25, 0.3) is 0 Å². The molecule has 1 aliphatic carbocycles. The monoisotopic (exact) mass is 295 g/mol. The van der Waals surface area contributed by atoms with E-state index in [-0.39, 0.29) is 22.7 Å². The third-order valence-corrected chi connectivity index (χ3v) is 3.98. The van der Waals surface area contributed by atoms with Crippen molar-refractivity contribution in [2.45, 2.75) is 31.3 Å². The number of hydrogen-bond acceptors (Lipinski definition) is 4. The largest absolute Gasteiger partial charge is 0.311 e. The lowest BCUT2D eigenvalue weighted by Crippen LogP contribution is -2.39. The van der Waals surface area contributed by atoms with Gasteiger partial charge in [-0.25, -0.2) is 0 Å². The minimum atomic E-state index is -0.535. The molecule has 1 saturated carbocycles. The van der Waals surface area contributed by atoms with Gasteiger partial charge < -0.3 is 10.2 Å². The first kappa shape index (κ1) is 13.3. The van der Waals surface area contributed by atoms with Crippen molar-refractivity contribution < 1.29 is 9.72 Å². The van der Waals surface area contributed by atoms with Crippen LogP contribution in [-0.2, 0) is 4.79 Å². The Balaban J connectivity index is 1.80. The van der Waals surface area contributed by atoms with Gasteiger partial charge in [0, 0.05) is 18.7 Å². The molecule has 0 aromatic heterocycles. The predicted octanol–water partition coefficient (Wildman–Crippen LogP) is 2.11. The molecule has 1 N–H and O–H groups in total. The van der Waals surface area contributed by atoms with Crippen LogP contribution >= 0.6 is 11.6 Å². The number of nitro benzene ring substituents is 1. The minimum absolute atomic E-state index is 0.0199. The summed E-state index contributed by atoms with van der Waals surface area (Å²) in [6.07, 6.45) is 2.97. The van der Waals surface area contributed by atoms with Gasteiger partial charge in [-0.15, -0.1) is 0 Å². The highest BCUT2D eigenvalue weighted by Gasteiger charge is 2.36. The van der Waals surface area contributed by atoms with Crippen LogP contribution < -0.4 is 10.2 Å². The normalized spacial score (nSPS) is 22.4. The van der Waals surface area contributed by atoms with Gasteiger partial charge in [0.25, 0.3) is 5.69 Å². The molecule has 1 unspecified atom stereocenters. The van der Waals surface area contributed by atoms with E-state index in [1.54, 1.807) is 11.0 Å². The van der Waals surface area contributed by atoms with Gasteiger partial charge in [-0.2, -0.15) is 0 Å². The number of benzene rings is 1. The standard InChI is InChI=1S/C13H14ClN3O3/c14-10-4-3-9(7-12(10)17(19)20)16-6-5-11(13(16)18)15-8-1-2-8/h3-4,7-8,11,15H,1-2,5-6H2. The average Bonchev–Trinajstić information content (AvgIpc) is 3.15. The first-order chi connectivity index (χ1) is 9.56. The molecule has 1 aromatic carbocycles. The number of halogens is 1. The molecule has 2 fully saturated rings. The van der Waals surface area contributed by atoms with E-state index >= 15 is 0 Å². The quantitative estimate of drug-likeness (QED) is 0.682. The van der Waals surface area contributed by atoms with Crippen molar-refractivity contribution in [1.29, 1.82) is 0 Å². The summed E-state index contributed by atoms with van der Waals surface area (Å²) >= 11 is 5.78. The molecular weight excluding hydrogens is 282 g/mol. The molecular formula is C13H14ClN3O3. The molecule has 1 aromatic rings. The fourth-order valence-electron chi connectivity index (χ4n) is 2.43. The van der Waals surface area contributed by atoms with Gasteiger partial charge in [0.2, 0.25) is 5.91 Å². The molecule has 1 aliphatic heterocycles. The Morgan fingerprint density at radius 3 is 2.75 bits per heavy atom. The second-order valence-corrected chi connectivity index (χ2v) is 5.57. The van der Waals surface area contributed by atoms with E-state index in [1.807, 2.05) is 0 Å². The van der Waals surface area contributed by atoms with Crippen molar-refractivity contribution in [3.05, 3.63) is 33.3 Å². The van der Waals surface area contributed by atoms with E-state index in [2.05, 4.69) is 5.32 Å². The summed E-state index contributed by atoms with van der Waals surface area (Å²) < 4.78 is 0. The van der Waals surface area contributed by atoms with Crippen molar-refractivity contribution in [1.82, 2.24) is 5.32 Å². The van der Waals surface area contributed by atoms with Crippen molar-refractivity contribution >= 4 is 28.9 Å². The summed E-state index contributed by atoms with van der Waals surface area (Å²) in [6, 6.07) is 4.76. The summed E-state index contributed by atoms with van der Waals surface area (Å²) in [7, 11) is 0. The van der Waals surface area contributed by atoms with Crippen LogP contribution in [0.2, 0.25) is 5.02 Å². The Morgan fingerprint density at radius 2 is 2.10 bits per heavy atom. The van der Waals surface area contributed by atoms with Crippen molar-refractivity contribution in [3.8, 4) is 0 Å². The Hall–Kier alpha value is -1.66. The van der Waals surface area contributed by atoms with E-state index in [1.165, 1.54) is 12.1 Å². The highest BCUT2D eigenvalue weighted by molar-refractivity contribution is 6.32. The fraction of sp³-hybridized carbons (Fsp3) is 0.462. The molecule has 1 atom stereocenters. The maximum atomic E-state index is 12.3. The summed E-state index contributed by atoms with van der Waals surface area (Å²) in [4.78, 5) is 24.2. The van der Waals surface area contributed by atoms with Crippen LogP contribution in [0, 0.1) is 10.1 Å². The minimum Gasteiger partial charge on any atom is -0.311 e. The zero-order valence-electron chi connectivity index (χ0n) is 10.7. The van der Waals surface area contributed by atoms with Gasteiger partial charge in [-0.3, -0.25) is 14.9 Å². The summed E-state index contributed by atoms with van der Waals surface area (Å²) in [5.74, 6) is -0.0199. The molecule has 2 aliphatic rings. The fourth-order valence-corrected chi connectivity index (χ4v) is 2.62. The molecule has 1 saturated heterocycles. The molecule has 0 bridgehead atoms. The summed E-state index contributed by atoms with van der Waals surface area (Å²) in [6.45, 7) is 0.571. The zero-order valence-corrected chi connectivity index (χ0v) is 11.5. The Morgan fingerprint density at radius 1 is 1.35 bits per heavy atom.